The van der Waals surface area contributed by atoms with E-state index in [1.807, 2.05) is 25.1 Å². The number of anilines is 1. The molecule has 6 heteroatoms. The number of fused-ring (bicyclic) bond motifs is 1. The van der Waals surface area contributed by atoms with E-state index in [2.05, 4.69) is 10.3 Å². The van der Waals surface area contributed by atoms with Crippen LogP contribution in [0.25, 0.3) is 11.0 Å². The van der Waals surface area contributed by atoms with Gasteiger partial charge in [-0.1, -0.05) is 29.8 Å². The minimum Gasteiger partial charge on any atom is -0.324 e. The second-order valence-electron chi connectivity index (χ2n) is 5.05. The molecule has 0 bridgehead atoms. The number of imidazole rings is 1. The molecule has 1 heterocycles. The summed E-state index contributed by atoms with van der Waals surface area (Å²) in [7, 11) is 0. The van der Waals surface area contributed by atoms with Crippen LogP contribution in [0.15, 0.2) is 47.3 Å². The fraction of sp³-hybridized carbons (Fsp3) is 0.125. The van der Waals surface area contributed by atoms with Crippen molar-refractivity contribution in [1.82, 2.24) is 9.55 Å². The first-order valence-electron chi connectivity index (χ1n) is 6.78. The van der Waals surface area contributed by atoms with Crippen molar-refractivity contribution in [3.05, 3.63) is 63.5 Å². The van der Waals surface area contributed by atoms with Gasteiger partial charge in [-0.15, -0.1) is 0 Å². The average molecular weight is 316 g/mol. The predicted molar refractivity (Wildman–Crippen MR) is 87.4 cm³/mol. The van der Waals surface area contributed by atoms with E-state index in [9.17, 15) is 9.59 Å². The summed E-state index contributed by atoms with van der Waals surface area (Å²) in [4.78, 5) is 26.8. The maximum atomic E-state index is 12.1. The van der Waals surface area contributed by atoms with Gasteiger partial charge in [0, 0.05) is 10.7 Å². The lowest BCUT2D eigenvalue weighted by atomic mass is 10.2. The first-order chi connectivity index (χ1) is 10.5. The largest absolute Gasteiger partial charge is 0.326 e. The van der Waals surface area contributed by atoms with Crippen molar-refractivity contribution < 1.29 is 4.79 Å². The van der Waals surface area contributed by atoms with Crippen LogP contribution in [-0.4, -0.2) is 15.5 Å². The SMILES string of the molecule is Cc1ccc(NC(=O)Cn2c(=O)[nH]c3ccccc32)cc1Cl. The average Bonchev–Trinajstić information content (AvgIpc) is 2.79. The standard InChI is InChI=1S/C16H14ClN3O2/c1-10-6-7-11(8-12(10)17)18-15(21)9-20-14-5-3-2-4-13(14)19-16(20)22/h2-8H,9H2,1H3,(H,18,21)(H,19,22). The van der Waals surface area contributed by atoms with Gasteiger partial charge >= 0.3 is 5.69 Å². The van der Waals surface area contributed by atoms with E-state index < -0.39 is 0 Å². The molecule has 5 nitrogen and oxygen atoms in total. The molecule has 0 saturated carbocycles. The Balaban J connectivity index is 1.82. The van der Waals surface area contributed by atoms with E-state index in [1.54, 1.807) is 24.3 Å². The Morgan fingerprint density at radius 3 is 2.82 bits per heavy atom. The van der Waals surface area contributed by atoms with E-state index >= 15 is 0 Å². The number of aromatic nitrogens is 2. The number of H-pyrrole nitrogens is 1. The Morgan fingerprint density at radius 1 is 1.27 bits per heavy atom. The van der Waals surface area contributed by atoms with Crippen LogP contribution in [0.1, 0.15) is 5.56 Å². The highest BCUT2D eigenvalue weighted by molar-refractivity contribution is 6.31. The number of carbonyl (C=O) groups is 1. The molecule has 0 unspecified atom stereocenters. The Kier molecular flexibility index (Phi) is 3.73. The minimum atomic E-state index is -0.307. The van der Waals surface area contributed by atoms with Crippen molar-refractivity contribution in [2.24, 2.45) is 0 Å². The normalized spacial score (nSPS) is 10.8. The molecule has 0 aliphatic rings. The van der Waals surface area contributed by atoms with Crippen molar-refractivity contribution in [2.45, 2.75) is 13.5 Å². The molecule has 3 aromatic rings. The second-order valence-corrected chi connectivity index (χ2v) is 5.45. The van der Waals surface area contributed by atoms with Gasteiger partial charge < -0.3 is 10.3 Å². The third-order valence-electron chi connectivity index (χ3n) is 3.44. The Morgan fingerprint density at radius 2 is 2.05 bits per heavy atom. The van der Waals surface area contributed by atoms with Gasteiger partial charge in [-0.25, -0.2) is 4.79 Å². The lowest BCUT2D eigenvalue weighted by molar-refractivity contribution is -0.116. The van der Waals surface area contributed by atoms with Gasteiger partial charge in [0.15, 0.2) is 0 Å². The topological polar surface area (TPSA) is 66.9 Å². The molecule has 0 aliphatic heterocycles. The zero-order valence-corrected chi connectivity index (χ0v) is 12.6. The summed E-state index contributed by atoms with van der Waals surface area (Å²) in [5.41, 5.74) is 2.64. The molecule has 112 valence electrons. The zero-order valence-electron chi connectivity index (χ0n) is 11.9. The maximum Gasteiger partial charge on any atom is 0.326 e. The molecule has 1 amide bonds. The molecule has 2 N–H and O–H groups in total. The molecule has 22 heavy (non-hydrogen) atoms. The van der Waals surface area contributed by atoms with E-state index in [4.69, 9.17) is 11.6 Å². The van der Waals surface area contributed by atoms with Crippen LogP contribution < -0.4 is 11.0 Å². The maximum absolute atomic E-state index is 12.1. The van der Waals surface area contributed by atoms with E-state index in [0.717, 1.165) is 5.56 Å². The fourth-order valence-electron chi connectivity index (χ4n) is 2.28. The highest BCUT2D eigenvalue weighted by atomic mass is 35.5. The quantitative estimate of drug-likeness (QED) is 0.780. The van der Waals surface area contributed by atoms with Gasteiger partial charge in [0.2, 0.25) is 5.91 Å². The summed E-state index contributed by atoms with van der Waals surface area (Å²) in [6.07, 6.45) is 0. The Bertz CT molecular complexity index is 911. The summed E-state index contributed by atoms with van der Waals surface area (Å²) in [6.45, 7) is 1.83. The van der Waals surface area contributed by atoms with Crippen LogP contribution in [0.4, 0.5) is 5.69 Å². The van der Waals surface area contributed by atoms with Crippen molar-refractivity contribution in [2.75, 3.05) is 5.32 Å². The number of halogens is 1. The van der Waals surface area contributed by atoms with Gasteiger partial charge in [-0.05, 0) is 36.8 Å². The van der Waals surface area contributed by atoms with E-state index in [-0.39, 0.29) is 18.1 Å². The molecule has 0 aliphatic carbocycles. The van der Waals surface area contributed by atoms with Gasteiger partial charge in [0.05, 0.1) is 11.0 Å². The number of carbonyl (C=O) groups excluding carboxylic acids is 1. The third kappa shape index (κ3) is 2.76. The third-order valence-corrected chi connectivity index (χ3v) is 3.85. The molecule has 0 spiro atoms. The minimum absolute atomic E-state index is 0.0612. The highest BCUT2D eigenvalue weighted by Crippen LogP contribution is 2.20. The number of aromatic amines is 1. The summed E-state index contributed by atoms with van der Waals surface area (Å²) < 4.78 is 1.40. The first-order valence-corrected chi connectivity index (χ1v) is 7.16. The number of hydrogen-bond acceptors (Lipinski definition) is 2. The lowest BCUT2D eigenvalue weighted by Crippen LogP contribution is -2.25. The first kappa shape index (κ1) is 14.4. The van der Waals surface area contributed by atoms with E-state index in [0.29, 0.717) is 21.7 Å². The van der Waals surface area contributed by atoms with Gasteiger partial charge in [-0.2, -0.15) is 0 Å². The van der Waals surface area contributed by atoms with Crippen LogP contribution >= 0.6 is 11.6 Å². The van der Waals surface area contributed by atoms with Crippen molar-refractivity contribution in [3.63, 3.8) is 0 Å². The van der Waals surface area contributed by atoms with Gasteiger partial charge in [0.25, 0.3) is 0 Å². The highest BCUT2D eigenvalue weighted by Gasteiger charge is 2.10. The number of para-hydroxylation sites is 2. The molecule has 2 aromatic carbocycles. The zero-order chi connectivity index (χ0) is 15.7. The number of aryl methyl sites for hydroxylation is 1. The van der Waals surface area contributed by atoms with E-state index in [1.165, 1.54) is 4.57 Å². The van der Waals surface area contributed by atoms with Crippen LogP contribution in [-0.2, 0) is 11.3 Å². The summed E-state index contributed by atoms with van der Waals surface area (Å²) in [5, 5.41) is 3.33. The molecular formula is C16H14ClN3O2. The molecule has 1 aromatic heterocycles. The number of nitrogens with zero attached hydrogens (tertiary/aromatic N) is 1. The van der Waals surface area contributed by atoms with Gasteiger partial charge in [-0.3, -0.25) is 9.36 Å². The Labute approximate surface area is 131 Å². The monoisotopic (exact) mass is 315 g/mol. The van der Waals surface area contributed by atoms with Crippen LogP contribution in [0.3, 0.4) is 0 Å². The Hall–Kier alpha value is -2.53. The number of amides is 1. The van der Waals surface area contributed by atoms with Crippen molar-refractivity contribution in [1.29, 1.82) is 0 Å². The van der Waals surface area contributed by atoms with Crippen LogP contribution in [0.5, 0.6) is 0 Å². The summed E-state index contributed by atoms with van der Waals surface area (Å²) >= 11 is 6.03. The van der Waals surface area contributed by atoms with Crippen LogP contribution in [0, 0.1) is 6.92 Å². The molecule has 0 saturated heterocycles. The lowest BCUT2D eigenvalue weighted by Gasteiger charge is -2.07. The number of hydrogen-bond donors (Lipinski definition) is 2. The molecule has 0 fully saturated rings. The van der Waals surface area contributed by atoms with Crippen molar-refractivity contribution >= 4 is 34.2 Å². The molecule has 0 radical (unpaired) electrons. The molecule has 3 rings (SSSR count). The van der Waals surface area contributed by atoms with Crippen LogP contribution in [0.2, 0.25) is 5.02 Å². The molecule has 0 atom stereocenters. The summed E-state index contributed by atoms with van der Waals surface area (Å²) in [5.74, 6) is -0.285. The predicted octanol–water partition coefficient (Wildman–Crippen LogP) is 2.93. The fourth-order valence-corrected chi connectivity index (χ4v) is 2.46. The summed E-state index contributed by atoms with van der Waals surface area (Å²) in [6, 6.07) is 12.5. The number of nitrogens with one attached hydrogen (secondary N) is 2. The number of rotatable bonds is 3. The number of benzene rings is 2. The smallest absolute Gasteiger partial charge is 0.324 e. The van der Waals surface area contributed by atoms with Gasteiger partial charge in [0.1, 0.15) is 6.54 Å². The molecular weight excluding hydrogens is 302 g/mol. The second kappa shape index (κ2) is 5.69. The van der Waals surface area contributed by atoms with Crippen molar-refractivity contribution in [3.8, 4) is 0 Å².